The van der Waals surface area contributed by atoms with Crippen LogP contribution in [0, 0.1) is 0 Å². The molecule has 3 N–H and O–H groups in total. The van der Waals surface area contributed by atoms with Crippen LogP contribution in [-0.2, 0) is 24.4 Å². The summed E-state index contributed by atoms with van der Waals surface area (Å²) in [6, 6.07) is 0. The summed E-state index contributed by atoms with van der Waals surface area (Å²) in [5.41, 5.74) is 4.00. The molecule has 7 nitrogen and oxygen atoms in total. The van der Waals surface area contributed by atoms with Gasteiger partial charge < -0.3 is 0 Å². The van der Waals surface area contributed by atoms with Gasteiger partial charge in [-0.1, -0.05) is 32.1 Å². The van der Waals surface area contributed by atoms with Crippen LogP contribution >= 0.6 is 0 Å². The van der Waals surface area contributed by atoms with E-state index in [0.717, 1.165) is 0 Å². The zero-order chi connectivity index (χ0) is 15.2. The molecule has 1 aliphatic carbocycles. The van der Waals surface area contributed by atoms with E-state index in [2.05, 4.69) is 4.18 Å². The predicted molar refractivity (Wildman–Crippen MR) is 72.5 cm³/mol. The molecule has 19 heavy (non-hydrogen) atoms. The van der Waals surface area contributed by atoms with Gasteiger partial charge in [-0.05, 0) is 6.08 Å². The Bertz CT molecular complexity index is 524. The number of hydrogen-bond acceptors (Lipinski definition) is 6. The summed E-state index contributed by atoms with van der Waals surface area (Å²) in [5.74, 6) is 0.535. The Morgan fingerprint density at radius 3 is 2.00 bits per heavy atom. The van der Waals surface area contributed by atoms with Gasteiger partial charge in [-0.15, -0.1) is 0 Å². The lowest BCUT2D eigenvalue weighted by molar-refractivity contribution is 0.118. The predicted octanol–water partition coefficient (Wildman–Crippen LogP) is 0.418. The van der Waals surface area contributed by atoms with E-state index in [1.807, 2.05) is 0 Å². The van der Waals surface area contributed by atoms with Crippen molar-refractivity contribution in [3.05, 3.63) is 24.3 Å². The third-order valence-electron chi connectivity index (χ3n) is 2.20. The smallest absolute Gasteiger partial charge is 0.299 e. The first-order valence-electron chi connectivity index (χ1n) is 5.55. The summed E-state index contributed by atoms with van der Waals surface area (Å²) in [4.78, 5) is 0. The van der Waals surface area contributed by atoms with Crippen molar-refractivity contribution in [3.63, 3.8) is 0 Å². The third kappa shape index (κ3) is 8.89. The molecule has 1 aliphatic rings. The number of allylic oxidation sites excluding steroid dienone is 2. The molecule has 0 fully saturated rings. The van der Waals surface area contributed by atoms with Crippen LogP contribution in [-0.4, -0.2) is 38.6 Å². The van der Waals surface area contributed by atoms with Gasteiger partial charge in [-0.3, -0.25) is 10.3 Å². The van der Waals surface area contributed by atoms with Gasteiger partial charge >= 0.3 is 10.4 Å². The maximum absolute atomic E-state index is 10.4. The average Bonchev–Trinajstić information content (AvgIpc) is 2.28. The van der Waals surface area contributed by atoms with Crippen molar-refractivity contribution in [1.29, 1.82) is 0 Å². The van der Waals surface area contributed by atoms with Gasteiger partial charge in [0.15, 0.2) is 5.72 Å². The lowest BCUT2D eigenvalue weighted by Crippen LogP contribution is -2.42. The van der Waals surface area contributed by atoms with Crippen LogP contribution < -0.4 is 5.73 Å². The fourth-order valence-corrected chi connectivity index (χ4v) is 2.00. The minimum atomic E-state index is -4.49. The summed E-state index contributed by atoms with van der Waals surface area (Å²) < 4.78 is 53.9. The molecule has 0 amide bonds. The summed E-state index contributed by atoms with van der Waals surface area (Å²) in [7, 11) is -7.15. The van der Waals surface area contributed by atoms with E-state index >= 15 is 0 Å². The first kappa shape index (κ1) is 18.3. The third-order valence-corrected chi connectivity index (χ3v) is 4.48. The molecule has 0 spiro atoms. The molecule has 0 saturated carbocycles. The highest BCUT2D eigenvalue weighted by Crippen LogP contribution is 2.17. The lowest BCUT2D eigenvalue weighted by Gasteiger charge is -2.23. The van der Waals surface area contributed by atoms with Crippen molar-refractivity contribution < 1.29 is 25.6 Å². The zero-order valence-corrected chi connectivity index (χ0v) is 12.4. The van der Waals surface area contributed by atoms with Crippen molar-refractivity contribution in [2.45, 2.75) is 26.0 Å². The highest BCUT2D eigenvalue weighted by atomic mass is 32.3. The highest BCUT2D eigenvalue weighted by Gasteiger charge is 2.28. The maximum atomic E-state index is 10.4. The van der Waals surface area contributed by atoms with Crippen LogP contribution in [0.2, 0.25) is 0 Å². The molecule has 0 aromatic carbocycles. The van der Waals surface area contributed by atoms with Gasteiger partial charge in [0.25, 0.3) is 0 Å². The minimum Gasteiger partial charge on any atom is -0.299 e. The summed E-state index contributed by atoms with van der Waals surface area (Å²) in [6.45, 7) is 3.30. The number of nitrogens with two attached hydrogens (primary N) is 1. The van der Waals surface area contributed by atoms with Crippen molar-refractivity contribution in [2.24, 2.45) is 5.73 Å². The van der Waals surface area contributed by atoms with Gasteiger partial charge in [0.1, 0.15) is 9.84 Å². The van der Waals surface area contributed by atoms with E-state index < -0.39 is 26.0 Å². The van der Waals surface area contributed by atoms with Crippen LogP contribution in [0.25, 0.3) is 0 Å². The second kappa shape index (κ2) is 7.15. The largest absolute Gasteiger partial charge is 0.399 e. The second-order valence-corrected chi connectivity index (χ2v) is 7.44. The monoisotopic (exact) mass is 313 g/mol. The van der Waals surface area contributed by atoms with Crippen molar-refractivity contribution in [3.8, 4) is 0 Å². The Hall–Kier alpha value is -0.740. The van der Waals surface area contributed by atoms with Crippen LogP contribution in [0.1, 0.15) is 20.3 Å². The standard InChI is InChI=1S/C6H9NO4S.C4H10O2S/c7-6(11-12(8,9)10)4-2-1-3-5-6;1-3-7(5,6)4-2/h1-4H,5,7H2,(H,8,9,10);3-4H2,1-2H3. The summed E-state index contributed by atoms with van der Waals surface area (Å²) in [5, 5.41) is 0. The van der Waals surface area contributed by atoms with Crippen LogP contribution in [0.3, 0.4) is 0 Å². The van der Waals surface area contributed by atoms with E-state index in [4.69, 9.17) is 10.3 Å². The van der Waals surface area contributed by atoms with Crippen molar-refractivity contribution >= 4 is 20.2 Å². The van der Waals surface area contributed by atoms with Crippen molar-refractivity contribution in [2.75, 3.05) is 11.5 Å². The Labute approximate surface area is 114 Å². The van der Waals surface area contributed by atoms with Gasteiger partial charge in [0.2, 0.25) is 0 Å². The van der Waals surface area contributed by atoms with Crippen LogP contribution in [0.4, 0.5) is 0 Å². The molecule has 112 valence electrons. The molecule has 0 radical (unpaired) electrons. The van der Waals surface area contributed by atoms with Crippen LogP contribution in [0.5, 0.6) is 0 Å². The molecule has 0 aromatic rings. The van der Waals surface area contributed by atoms with Crippen LogP contribution in [0.15, 0.2) is 24.3 Å². The Kier molecular flexibility index (Phi) is 6.87. The quantitative estimate of drug-likeness (QED) is 0.569. The van der Waals surface area contributed by atoms with E-state index in [-0.39, 0.29) is 17.9 Å². The fourth-order valence-electron chi connectivity index (χ4n) is 1.08. The van der Waals surface area contributed by atoms with E-state index in [1.54, 1.807) is 32.1 Å². The molecule has 1 rings (SSSR count). The van der Waals surface area contributed by atoms with E-state index in [0.29, 0.717) is 0 Å². The number of sulfone groups is 1. The van der Waals surface area contributed by atoms with E-state index in [1.165, 1.54) is 6.08 Å². The highest BCUT2D eigenvalue weighted by molar-refractivity contribution is 7.91. The van der Waals surface area contributed by atoms with Gasteiger partial charge in [-0.2, -0.15) is 8.42 Å². The maximum Gasteiger partial charge on any atom is 0.399 e. The average molecular weight is 313 g/mol. The molecule has 0 heterocycles. The van der Waals surface area contributed by atoms with E-state index in [9.17, 15) is 16.8 Å². The molecular weight excluding hydrogens is 294 g/mol. The molecule has 0 aromatic heterocycles. The molecule has 9 heteroatoms. The SMILES string of the molecule is CCS(=O)(=O)CC.NC1(OS(=O)(=O)O)C=CC=CC1. The number of rotatable bonds is 4. The zero-order valence-electron chi connectivity index (χ0n) is 10.8. The van der Waals surface area contributed by atoms with Gasteiger partial charge in [-0.25, -0.2) is 12.6 Å². The second-order valence-electron chi connectivity index (χ2n) is 3.78. The van der Waals surface area contributed by atoms with Crippen molar-refractivity contribution in [1.82, 2.24) is 0 Å². The summed E-state index contributed by atoms with van der Waals surface area (Å²) >= 11 is 0. The van der Waals surface area contributed by atoms with Gasteiger partial charge in [0.05, 0.1) is 0 Å². The minimum absolute atomic E-state index is 0.212. The first-order valence-corrected chi connectivity index (χ1v) is 8.74. The molecule has 0 bridgehead atoms. The Morgan fingerprint density at radius 2 is 1.74 bits per heavy atom. The summed E-state index contributed by atoms with van der Waals surface area (Å²) in [6.07, 6.45) is 6.47. The Morgan fingerprint density at radius 1 is 1.21 bits per heavy atom. The molecule has 0 aliphatic heterocycles. The molecule has 0 saturated heterocycles. The first-order chi connectivity index (χ1) is 8.54. The molecule has 1 unspecified atom stereocenters. The van der Waals surface area contributed by atoms with Gasteiger partial charge in [0, 0.05) is 17.9 Å². The normalized spacial score (nSPS) is 22.7. The topological polar surface area (TPSA) is 124 Å². The molecular formula is C10H19NO6S2. The Balaban J connectivity index is 0.000000399. The number of hydrogen-bond donors (Lipinski definition) is 2. The molecule has 1 atom stereocenters. The fraction of sp³-hybridized carbons (Fsp3) is 0.600. The lowest BCUT2D eigenvalue weighted by atomic mass is 10.1.